The van der Waals surface area contributed by atoms with Crippen LogP contribution >= 0.6 is 0 Å². The average molecular weight is 514 g/mol. The van der Waals surface area contributed by atoms with Crippen molar-refractivity contribution in [3.05, 3.63) is 58.8 Å². The van der Waals surface area contributed by atoms with E-state index in [0.29, 0.717) is 40.6 Å². The molecule has 2 aliphatic heterocycles. The Morgan fingerprint density at radius 2 is 2.08 bits per heavy atom. The molecule has 0 unspecified atom stereocenters. The number of aliphatic hydroxyl groups is 1. The Labute approximate surface area is 220 Å². The molecule has 8 nitrogen and oxygen atoms in total. The van der Waals surface area contributed by atoms with Gasteiger partial charge in [0.05, 0.1) is 28.1 Å². The van der Waals surface area contributed by atoms with Crippen LogP contribution in [0.25, 0.3) is 10.9 Å². The van der Waals surface area contributed by atoms with E-state index in [-0.39, 0.29) is 23.7 Å². The number of fused-ring (bicyclic) bond motifs is 1. The highest BCUT2D eigenvalue weighted by Crippen LogP contribution is 2.65. The van der Waals surface area contributed by atoms with E-state index in [1.54, 1.807) is 24.4 Å². The Morgan fingerprint density at radius 1 is 1.21 bits per heavy atom. The van der Waals surface area contributed by atoms with Gasteiger partial charge >= 0.3 is 0 Å². The number of amides is 1. The molecule has 1 amide bonds. The predicted molar refractivity (Wildman–Crippen MR) is 140 cm³/mol. The second-order valence-corrected chi connectivity index (χ2v) is 12.0. The molecule has 5 atom stereocenters. The maximum atomic E-state index is 13.7. The molecule has 3 fully saturated rings. The van der Waals surface area contributed by atoms with Crippen LogP contribution in [0.5, 0.6) is 11.5 Å². The van der Waals surface area contributed by atoms with Crippen molar-refractivity contribution in [2.24, 2.45) is 5.92 Å². The first kappa shape index (κ1) is 22.6. The largest absolute Gasteiger partial charge is 0.504 e. The average Bonchev–Trinajstić information content (AvgIpc) is 3.51. The Bertz CT molecular complexity index is 1510. The third kappa shape index (κ3) is 2.77. The molecule has 1 saturated heterocycles. The van der Waals surface area contributed by atoms with Gasteiger partial charge in [0.15, 0.2) is 17.8 Å². The lowest BCUT2D eigenvalue weighted by atomic mass is 9.48. The lowest BCUT2D eigenvalue weighted by Crippen LogP contribution is -2.78. The zero-order valence-corrected chi connectivity index (χ0v) is 21.1. The summed E-state index contributed by atoms with van der Waals surface area (Å²) in [5, 5.41) is 27.4. The number of aromatic hydroxyl groups is 1. The number of likely N-dealkylation sites (tertiary alicyclic amines) is 1. The number of para-hydroxylation sites is 1. The number of benzene rings is 2. The molecule has 0 radical (unpaired) electrons. The van der Waals surface area contributed by atoms with E-state index in [2.05, 4.69) is 15.2 Å². The summed E-state index contributed by atoms with van der Waals surface area (Å²) in [6.07, 6.45) is 7.05. The maximum Gasteiger partial charge on any atom is 0.253 e. The fourth-order valence-corrected chi connectivity index (χ4v) is 8.34. The summed E-state index contributed by atoms with van der Waals surface area (Å²) in [7, 11) is 0. The van der Waals surface area contributed by atoms with Crippen LogP contribution in [0.4, 0.5) is 0 Å². The van der Waals surface area contributed by atoms with E-state index in [0.717, 1.165) is 49.3 Å². The van der Waals surface area contributed by atoms with Crippen molar-refractivity contribution in [3.8, 4) is 11.5 Å². The van der Waals surface area contributed by atoms with Gasteiger partial charge in [-0.3, -0.25) is 14.5 Å². The Hall–Kier alpha value is -3.36. The number of aromatic nitrogens is 1. The fraction of sp³-hybridized carbons (Fsp3) is 0.467. The number of carbonyl (C=O) groups is 2. The number of H-pyrrole nitrogens is 1. The van der Waals surface area contributed by atoms with Gasteiger partial charge < -0.3 is 25.3 Å². The number of nitrogens with zero attached hydrogens (tertiary/aromatic N) is 1. The first-order chi connectivity index (χ1) is 18.4. The molecule has 1 aromatic heterocycles. The summed E-state index contributed by atoms with van der Waals surface area (Å²) in [4.78, 5) is 30.7. The van der Waals surface area contributed by atoms with Crippen LogP contribution in [0.15, 0.2) is 36.5 Å². The Balaban J connectivity index is 1.19. The number of rotatable bonds is 5. The van der Waals surface area contributed by atoms with E-state index in [4.69, 9.17) is 4.74 Å². The summed E-state index contributed by atoms with van der Waals surface area (Å²) >= 11 is 0. The first-order valence-electron chi connectivity index (χ1n) is 13.8. The van der Waals surface area contributed by atoms with Gasteiger partial charge in [-0.1, -0.05) is 18.2 Å². The number of piperidine rings is 1. The molecule has 2 bridgehead atoms. The van der Waals surface area contributed by atoms with Crippen LogP contribution in [0, 0.1) is 5.92 Å². The Kier molecular flexibility index (Phi) is 4.53. The number of nitrogens with one attached hydrogen (secondary N) is 2. The standard InChI is InChI=1S/C30H31N3O5/c34-15-18-13-31-25-19(18)2-1-3-20(25)28(36)32-21-8-9-30(37)23-12-17-6-7-22(35)26-24(17)29(30,27(21)38-26)10-11-33(23)14-16-4-5-16/h1-3,6-7,13,15-16,21,23,27,31,35,37H,4-5,8-12,14H2,(H,32,36)/t21-,23-,27+,29+,30-/m1/s1. The monoisotopic (exact) mass is 513 g/mol. The lowest BCUT2D eigenvalue weighted by molar-refractivity contribution is -0.191. The van der Waals surface area contributed by atoms with Crippen molar-refractivity contribution < 1.29 is 24.5 Å². The molecule has 3 aromatic rings. The van der Waals surface area contributed by atoms with Gasteiger partial charge in [-0.15, -0.1) is 0 Å². The molecule has 3 aliphatic carbocycles. The normalized spacial score (nSPS) is 33.0. The number of hydrogen-bond acceptors (Lipinski definition) is 6. The van der Waals surface area contributed by atoms with Crippen LogP contribution in [-0.2, 0) is 11.8 Å². The Morgan fingerprint density at radius 3 is 2.89 bits per heavy atom. The summed E-state index contributed by atoms with van der Waals surface area (Å²) in [6.45, 7) is 1.90. The van der Waals surface area contributed by atoms with E-state index < -0.39 is 17.1 Å². The minimum absolute atomic E-state index is 0.00276. The summed E-state index contributed by atoms with van der Waals surface area (Å²) < 4.78 is 6.56. The van der Waals surface area contributed by atoms with E-state index >= 15 is 0 Å². The summed E-state index contributed by atoms with van der Waals surface area (Å²) in [5.41, 5.74) is 2.02. The molecular formula is C30H31N3O5. The number of hydrogen-bond donors (Lipinski definition) is 4. The predicted octanol–water partition coefficient (Wildman–Crippen LogP) is 3.05. The summed E-state index contributed by atoms with van der Waals surface area (Å²) in [5.74, 6) is 1.05. The fourth-order valence-electron chi connectivity index (χ4n) is 8.34. The first-order valence-corrected chi connectivity index (χ1v) is 13.8. The van der Waals surface area contributed by atoms with Crippen LogP contribution in [0.2, 0.25) is 0 Å². The van der Waals surface area contributed by atoms with Crippen LogP contribution in [0.1, 0.15) is 63.9 Å². The number of phenols is 1. The van der Waals surface area contributed by atoms with Gasteiger partial charge in [-0.2, -0.15) is 0 Å². The number of phenolic OH excluding ortho intramolecular Hbond substituents is 1. The van der Waals surface area contributed by atoms with Gasteiger partial charge in [0, 0.05) is 35.3 Å². The van der Waals surface area contributed by atoms with Gasteiger partial charge in [0.25, 0.3) is 5.91 Å². The molecule has 38 heavy (non-hydrogen) atoms. The van der Waals surface area contributed by atoms with Gasteiger partial charge in [-0.05, 0) is 68.7 Å². The van der Waals surface area contributed by atoms with Crippen molar-refractivity contribution in [2.45, 2.75) is 67.7 Å². The molecule has 1 spiro atoms. The van der Waals surface area contributed by atoms with E-state index in [1.807, 2.05) is 12.1 Å². The molecule has 2 aromatic carbocycles. The zero-order chi connectivity index (χ0) is 25.8. The number of carbonyl (C=O) groups excluding carboxylic acids is 2. The minimum atomic E-state index is -0.990. The van der Waals surface area contributed by atoms with Gasteiger partial charge in [-0.25, -0.2) is 0 Å². The number of aldehydes is 1. The van der Waals surface area contributed by atoms with Gasteiger partial charge in [0.1, 0.15) is 6.10 Å². The smallest absolute Gasteiger partial charge is 0.253 e. The second-order valence-electron chi connectivity index (χ2n) is 12.0. The lowest BCUT2D eigenvalue weighted by Gasteiger charge is -2.64. The van der Waals surface area contributed by atoms with E-state index in [1.165, 1.54) is 12.8 Å². The van der Waals surface area contributed by atoms with Crippen LogP contribution < -0.4 is 10.1 Å². The summed E-state index contributed by atoms with van der Waals surface area (Å²) in [6, 6.07) is 8.71. The molecule has 8 heteroatoms. The highest BCUT2D eigenvalue weighted by atomic mass is 16.5. The highest BCUT2D eigenvalue weighted by molar-refractivity contribution is 6.09. The zero-order valence-electron chi connectivity index (χ0n) is 21.1. The van der Waals surface area contributed by atoms with Crippen molar-refractivity contribution in [2.75, 3.05) is 13.1 Å². The molecular weight excluding hydrogens is 482 g/mol. The minimum Gasteiger partial charge on any atom is -0.504 e. The third-order valence-corrected chi connectivity index (χ3v) is 10.2. The molecule has 196 valence electrons. The van der Waals surface area contributed by atoms with Crippen molar-refractivity contribution in [3.63, 3.8) is 0 Å². The topological polar surface area (TPSA) is 115 Å². The molecule has 4 N–H and O–H groups in total. The van der Waals surface area contributed by atoms with Crippen LogP contribution in [0.3, 0.4) is 0 Å². The molecule has 3 heterocycles. The molecule has 8 rings (SSSR count). The quantitative estimate of drug-likeness (QED) is 0.390. The maximum absolute atomic E-state index is 13.7. The van der Waals surface area contributed by atoms with E-state index in [9.17, 15) is 19.8 Å². The van der Waals surface area contributed by atoms with Crippen molar-refractivity contribution in [1.82, 2.24) is 15.2 Å². The van der Waals surface area contributed by atoms with Crippen molar-refractivity contribution >= 4 is 23.1 Å². The second kappa shape index (κ2) is 7.61. The molecule has 2 saturated carbocycles. The van der Waals surface area contributed by atoms with Crippen LogP contribution in [-0.4, -0.2) is 69.2 Å². The molecule has 5 aliphatic rings. The van der Waals surface area contributed by atoms with Crippen molar-refractivity contribution in [1.29, 1.82) is 0 Å². The third-order valence-electron chi connectivity index (χ3n) is 10.2. The highest BCUT2D eigenvalue weighted by Gasteiger charge is 2.73. The number of aromatic amines is 1. The number of ether oxygens (including phenoxy) is 1. The SMILES string of the molecule is O=Cc1c[nH]c2c(C(=O)N[C@@H]3CC[C@@]4(O)[C@H]5Cc6ccc(O)c7c6[C@@]4(CCN5CC4CC4)[C@H]3O7)cccc12. The van der Waals surface area contributed by atoms with Gasteiger partial charge in [0.2, 0.25) is 0 Å².